The normalized spacial score (nSPS) is 10.3. The number of nitrogens with one attached hydrogen (secondary N) is 1. The Balaban J connectivity index is 2.08. The van der Waals surface area contributed by atoms with Crippen molar-refractivity contribution in [3.8, 4) is 23.0 Å². The van der Waals surface area contributed by atoms with Gasteiger partial charge in [-0.3, -0.25) is 5.10 Å². The molecule has 0 fully saturated rings. The molecular weight excluding hydrogens is 294 g/mol. The second-order valence-corrected chi connectivity index (χ2v) is 4.80. The first-order valence-electron chi connectivity index (χ1n) is 6.75. The number of H-pyrrole nitrogens is 1. The van der Waals surface area contributed by atoms with Crippen molar-refractivity contribution in [2.45, 2.75) is 0 Å². The fourth-order valence-corrected chi connectivity index (χ4v) is 2.34. The number of benzene rings is 1. The third kappa shape index (κ3) is 2.42. The van der Waals surface area contributed by atoms with E-state index in [0.717, 1.165) is 11.3 Å². The fraction of sp³-hybridized carbons (Fsp3) is 0.0625. The Morgan fingerprint density at radius 2 is 2.09 bits per heavy atom. The number of ether oxygens (including phenoxy) is 1. The highest BCUT2D eigenvalue weighted by Gasteiger charge is 2.21. The Kier molecular flexibility index (Phi) is 3.57. The molecule has 0 saturated heterocycles. The van der Waals surface area contributed by atoms with Crippen molar-refractivity contribution in [2.75, 3.05) is 12.8 Å². The van der Waals surface area contributed by atoms with E-state index >= 15 is 0 Å². The molecule has 1 aromatic carbocycles. The Morgan fingerprint density at radius 3 is 2.65 bits per heavy atom. The highest BCUT2D eigenvalue weighted by atomic mass is 16.5. The van der Waals surface area contributed by atoms with Crippen molar-refractivity contribution in [3.05, 3.63) is 54.0 Å². The molecular formula is C16H13N5O2. The van der Waals surface area contributed by atoms with Crippen molar-refractivity contribution < 1.29 is 9.53 Å². The van der Waals surface area contributed by atoms with Gasteiger partial charge in [-0.2, -0.15) is 10.4 Å². The van der Waals surface area contributed by atoms with Crippen LogP contribution in [0.15, 0.2) is 42.7 Å². The summed E-state index contributed by atoms with van der Waals surface area (Å²) in [5.74, 6) is -0.596. The Hall–Kier alpha value is -3.53. The molecule has 3 N–H and O–H groups in total. The third-order valence-corrected chi connectivity index (χ3v) is 3.50. The number of nitrogens with two attached hydrogens (primary N) is 1. The summed E-state index contributed by atoms with van der Waals surface area (Å²) in [4.78, 5) is 12.0. The van der Waals surface area contributed by atoms with E-state index in [1.54, 1.807) is 10.8 Å². The van der Waals surface area contributed by atoms with Gasteiger partial charge in [0.15, 0.2) is 5.69 Å². The summed E-state index contributed by atoms with van der Waals surface area (Å²) in [5.41, 5.74) is 8.88. The topological polar surface area (TPSA) is 110 Å². The van der Waals surface area contributed by atoms with Crippen LogP contribution in [0.3, 0.4) is 0 Å². The lowest BCUT2D eigenvalue weighted by Gasteiger charge is -2.09. The first-order chi connectivity index (χ1) is 11.2. The van der Waals surface area contributed by atoms with Gasteiger partial charge in [0.05, 0.1) is 24.1 Å². The van der Waals surface area contributed by atoms with Crippen LogP contribution in [0, 0.1) is 11.3 Å². The summed E-state index contributed by atoms with van der Waals surface area (Å²) >= 11 is 0. The highest BCUT2D eigenvalue weighted by Crippen LogP contribution is 2.26. The van der Waals surface area contributed by atoms with E-state index < -0.39 is 5.97 Å². The Labute approximate surface area is 131 Å². The quantitative estimate of drug-likeness (QED) is 0.720. The van der Waals surface area contributed by atoms with Crippen molar-refractivity contribution in [1.29, 1.82) is 5.26 Å². The molecule has 0 aliphatic rings. The first kappa shape index (κ1) is 14.4. The second kappa shape index (κ2) is 5.69. The molecule has 7 nitrogen and oxygen atoms in total. The largest absolute Gasteiger partial charge is 0.464 e. The maximum Gasteiger partial charge on any atom is 0.357 e. The lowest BCUT2D eigenvalue weighted by atomic mass is 10.1. The zero-order chi connectivity index (χ0) is 16.4. The lowest BCUT2D eigenvalue weighted by molar-refractivity contribution is 0.0593. The van der Waals surface area contributed by atoms with E-state index in [2.05, 4.69) is 10.2 Å². The standard InChI is InChI=1S/C16H13N5O2/c1-23-16(22)15-14(18)11(8-17)9-21(15)12-4-2-10(3-5-12)13-6-7-19-20-13/h2-7,9H,18H2,1H3,(H,19,20). The van der Waals surface area contributed by atoms with E-state index in [-0.39, 0.29) is 16.9 Å². The third-order valence-electron chi connectivity index (χ3n) is 3.50. The zero-order valence-corrected chi connectivity index (χ0v) is 12.3. The van der Waals surface area contributed by atoms with Crippen LogP contribution in [-0.4, -0.2) is 27.8 Å². The van der Waals surface area contributed by atoms with E-state index in [9.17, 15) is 4.79 Å². The molecule has 3 aromatic rings. The molecule has 0 aliphatic carbocycles. The van der Waals surface area contributed by atoms with Crippen molar-refractivity contribution >= 4 is 11.7 Å². The predicted molar refractivity (Wildman–Crippen MR) is 83.8 cm³/mol. The van der Waals surface area contributed by atoms with Crippen LogP contribution in [0.25, 0.3) is 16.9 Å². The number of aromatic amines is 1. The molecule has 0 unspecified atom stereocenters. The van der Waals surface area contributed by atoms with Gasteiger partial charge in [-0.1, -0.05) is 12.1 Å². The fourth-order valence-electron chi connectivity index (χ4n) is 2.34. The molecule has 2 heterocycles. The van der Waals surface area contributed by atoms with E-state index in [1.807, 2.05) is 36.4 Å². The summed E-state index contributed by atoms with van der Waals surface area (Å²) in [7, 11) is 1.27. The molecule has 114 valence electrons. The molecule has 0 saturated carbocycles. The maximum absolute atomic E-state index is 12.0. The number of esters is 1. The number of nitrogen functional groups attached to an aromatic ring is 1. The molecule has 7 heteroatoms. The van der Waals surface area contributed by atoms with Gasteiger partial charge in [0.1, 0.15) is 6.07 Å². The maximum atomic E-state index is 12.0. The molecule has 0 amide bonds. The van der Waals surface area contributed by atoms with Crippen LogP contribution in [0.5, 0.6) is 0 Å². The number of nitriles is 1. The molecule has 2 aromatic heterocycles. The summed E-state index contributed by atoms with van der Waals surface area (Å²) in [6, 6.07) is 11.2. The number of rotatable bonds is 3. The van der Waals surface area contributed by atoms with Gasteiger partial charge in [0.2, 0.25) is 0 Å². The van der Waals surface area contributed by atoms with Crippen LogP contribution in [-0.2, 0) is 4.74 Å². The van der Waals surface area contributed by atoms with Crippen LogP contribution in [0.1, 0.15) is 16.1 Å². The Bertz CT molecular complexity index is 886. The molecule has 23 heavy (non-hydrogen) atoms. The summed E-state index contributed by atoms with van der Waals surface area (Å²) in [6.07, 6.45) is 3.19. The number of carbonyl (C=O) groups excluding carboxylic acids is 1. The van der Waals surface area contributed by atoms with E-state index in [1.165, 1.54) is 13.3 Å². The van der Waals surface area contributed by atoms with Gasteiger partial charge < -0.3 is 15.0 Å². The number of nitrogens with zero attached hydrogens (tertiary/aromatic N) is 3. The molecule has 0 aliphatic heterocycles. The summed E-state index contributed by atoms with van der Waals surface area (Å²) in [5, 5.41) is 15.9. The van der Waals surface area contributed by atoms with Crippen molar-refractivity contribution in [3.63, 3.8) is 0 Å². The van der Waals surface area contributed by atoms with Gasteiger partial charge in [-0.25, -0.2) is 4.79 Å². The molecule has 0 spiro atoms. The minimum absolute atomic E-state index is 0.108. The van der Waals surface area contributed by atoms with Crippen LogP contribution < -0.4 is 5.73 Å². The molecule has 0 bridgehead atoms. The minimum Gasteiger partial charge on any atom is -0.464 e. The molecule has 0 atom stereocenters. The van der Waals surface area contributed by atoms with Crippen molar-refractivity contribution in [2.24, 2.45) is 0 Å². The van der Waals surface area contributed by atoms with Crippen LogP contribution in [0.4, 0.5) is 5.69 Å². The van der Waals surface area contributed by atoms with Gasteiger partial charge in [0, 0.05) is 18.1 Å². The summed E-state index contributed by atoms with van der Waals surface area (Å²) in [6.45, 7) is 0. The molecule has 3 rings (SSSR count). The second-order valence-electron chi connectivity index (χ2n) is 4.80. The number of hydrogen-bond donors (Lipinski definition) is 2. The average Bonchev–Trinajstić information content (AvgIpc) is 3.22. The van der Waals surface area contributed by atoms with Gasteiger partial charge in [-0.15, -0.1) is 0 Å². The number of hydrogen-bond acceptors (Lipinski definition) is 5. The SMILES string of the molecule is COC(=O)c1c(N)c(C#N)cn1-c1ccc(-c2ccn[nH]2)cc1. The zero-order valence-electron chi connectivity index (χ0n) is 12.3. The number of anilines is 1. The van der Waals surface area contributed by atoms with E-state index in [0.29, 0.717) is 5.69 Å². The first-order valence-corrected chi connectivity index (χ1v) is 6.75. The Morgan fingerprint density at radius 1 is 1.35 bits per heavy atom. The van der Waals surface area contributed by atoms with Crippen molar-refractivity contribution in [1.82, 2.24) is 14.8 Å². The lowest BCUT2D eigenvalue weighted by Crippen LogP contribution is -2.11. The number of carbonyl (C=O) groups is 1. The van der Waals surface area contributed by atoms with Gasteiger partial charge in [0.25, 0.3) is 0 Å². The smallest absolute Gasteiger partial charge is 0.357 e. The molecule has 0 radical (unpaired) electrons. The monoisotopic (exact) mass is 307 g/mol. The highest BCUT2D eigenvalue weighted by molar-refractivity contribution is 5.96. The number of aromatic nitrogens is 3. The van der Waals surface area contributed by atoms with Gasteiger partial charge in [-0.05, 0) is 23.8 Å². The average molecular weight is 307 g/mol. The van der Waals surface area contributed by atoms with Crippen LogP contribution >= 0.6 is 0 Å². The number of methoxy groups -OCH3 is 1. The van der Waals surface area contributed by atoms with E-state index in [4.69, 9.17) is 15.7 Å². The minimum atomic E-state index is -0.596. The predicted octanol–water partition coefficient (Wildman–Crippen LogP) is 2.11. The van der Waals surface area contributed by atoms with Crippen LogP contribution in [0.2, 0.25) is 0 Å². The summed E-state index contributed by atoms with van der Waals surface area (Å²) < 4.78 is 6.31. The van der Waals surface area contributed by atoms with Gasteiger partial charge >= 0.3 is 5.97 Å².